The number of anilines is 1. The van der Waals surface area contributed by atoms with Crippen molar-refractivity contribution in [3.05, 3.63) is 29.2 Å². The van der Waals surface area contributed by atoms with Crippen LogP contribution in [0.4, 0.5) is 5.69 Å². The summed E-state index contributed by atoms with van der Waals surface area (Å²) in [5.74, 6) is 0. The van der Waals surface area contributed by atoms with Crippen LogP contribution in [0.15, 0.2) is 18.2 Å². The van der Waals surface area contributed by atoms with Gasteiger partial charge in [-0.15, -0.1) is 0 Å². The SMILES string of the molecule is CCCCOCCCc1nc(Cl)nc2cccc(N)c12. The molecule has 0 saturated heterocycles. The molecule has 0 bridgehead atoms. The molecule has 0 aliphatic carbocycles. The van der Waals surface area contributed by atoms with Gasteiger partial charge in [0.15, 0.2) is 0 Å². The summed E-state index contributed by atoms with van der Waals surface area (Å²) in [6, 6.07) is 5.64. The van der Waals surface area contributed by atoms with E-state index >= 15 is 0 Å². The van der Waals surface area contributed by atoms with Crippen molar-refractivity contribution >= 4 is 28.2 Å². The van der Waals surface area contributed by atoms with Crippen LogP contribution in [0.25, 0.3) is 10.9 Å². The highest BCUT2D eigenvalue weighted by atomic mass is 35.5. The number of halogens is 1. The zero-order valence-electron chi connectivity index (χ0n) is 11.7. The van der Waals surface area contributed by atoms with Gasteiger partial charge in [0, 0.05) is 24.3 Å². The maximum Gasteiger partial charge on any atom is 0.223 e. The van der Waals surface area contributed by atoms with Gasteiger partial charge in [-0.2, -0.15) is 0 Å². The highest BCUT2D eigenvalue weighted by Gasteiger charge is 2.09. The number of nitrogens with two attached hydrogens (primary N) is 1. The van der Waals surface area contributed by atoms with Crippen molar-refractivity contribution in [2.24, 2.45) is 0 Å². The number of ether oxygens (including phenoxy) is 1. The topological polar surface area (TPSA) is 61.0 Å². The maximum atomic E-state index is 6.02. The standard InChI is InChI=1S/C15H20ClN3O/c1-2-3-9-20-10-5-8-13-14-11(17)6-4-7-12(14)18-15(16)19-13/h4,6-7H,2-3,5,8-10,17H2,1H3. The number of unbranched alkanes of at least 4 members (excludes halogenated alkanes) is 1. The normalized spacial score (nSPS) is 11.1. The van der Waals surface area contributed by atoms with E-state index in [1.807, 2.05) is 18.2 Å². The van der Waals surface area contributed by atoms with E-state index in [1.54, 1.807) is 0 Å². The molecule has 4 nitrogen and oxygen atoms in total. The second-order valence-corrected chi connectivity index (χ2v) is 5.09. The number of nitrogens with zero attached hydrogens (tertiary/aromatic N) is 2. The van der Waals surface area contributed by atoms with Crippen molar-refractivity contribution < 1.29 is 4.74 Å². The fourth-order valence-corrected chi connectivity index (χ4v) is 2.32. The number of benzene rings is 1. The Labute approximate surface area is 124 Å². The van der Waals surface area contributed by atoms with Crippen LogP contribution in [-0.2, 0) is 11.2 Å². The Hall–Kier alpha value is -1.39. The summed E-state index contributed by atoms with van der Waals surface area (Å²) in [7, 11) is 0. The largest absolute Gasteiger partial charge is 0.398 e. The van der Waals surface area contributed by atoms with Crippen LogP contribution in [0.2, 0.25) is 5.28 Å². The molecule has 0 unspecified atom stereocenters. The minimum absolute atomic E-state index is 0.269. The third kappa shape index (κ3) is 3.81. The first-order chi connectivity index (χ1) is 9.72. The number of hydrogen-bond acceptors (Lipinski definition) is 4. The van der Waals surface area contributed by atoms with E-state index in [0.29, 0.717) is 5.69 Å². The molecular weight excluding hydrogens is 274 g/mol. The minimum atomic E-state index is 0.269. The van der Waals surface area contributed by atoms with Crippen molar-refractivity contribution in [1.82, 2.24) is 9.97 Å². The highest BCUT2D eigenvalue weighted by molar-refractivity contribution is 6.28. The smallest absolute Gasteiger partial charge is 0.223 e. The summed E-state index contributed by atoms with van der Waals surface area (Å²) in [6.07, 6.45) is 3.96. The monoisotopic (exact) mass is 293 g/mol. The van der Waals surface area contributed by atoms with Crippen molar-refractivity contribution in [2.75, 3.05) is 18.9 Å². The quantitative estimate of drug-likeness (QED) is 0.481. The molecule has 0 amide bonds. The first-order valence-electron chi connectivity index (χ1n) is 7.00. The lowest BCUT2D eigenvalue weighted by Gasteiger charge is -2.08. The van der Waals surface area contributed by atoms with Gasteiger partial charge in [0.05, 0.1) is 11.2 Å². The number of rotatable bonds is 7. The summed E-state index contributed by atoms with van der Waals surface area (Å²) < 4.78 is 5.56. The summed E-state index contributed by atoms with van der Waals surface area (Å²) >= 11 is 5.96. The predicted molar refractivity (Wildman–Crippen MR) is 83.0 cm³/mol. The number of aryl methyl sites for hydroxylation is 1. The lowest BCUT2D eigenvalue weighted by Crippen LogP contribution is -2.02. The van der Waals surface area contributed by atoms with E-state index in [1.165, 1.54) is 0 Å². The Morgan fingerprint density at radius 1 is 1.20 bits per heavy atom. The van der Waals surface area contributed by atoms with E-state index in [4.69, 9.17) is 22.1 Å². The van der Waals surface area contributed by atoms with Crippen LogP contribution in [0.3, 0.4) is 0 Å². The summed E-state index contributed by atoms with van der Waals surface area (Å²) in [4.78, 5) is 8.52. The van der Waals surface area contributed by atoms with E-state index in [-0.39, 0.29) is 5.28 Å². The lowest BCUT2D eigenvalue weighted by molar-refractivity contribution is 0.129. The van der Waals surface area contributed by atoms with Gasteiger partial charge in [-0.1, -0.05) is 19.4 Å². The van der Waals surface area contributed by atoms with Gasteiger partial charge in [0.2, 0.25) is 5.28 Å². The van der Waals surface area contributed by atoms with Crippen LogP contribution in [-0.4, -0.2) is 23.2 Å². The molecule has 0 aliphatic heterocycles. The Kier molecular flexibility index (Phi) is 5.56. The van der Waals surface area contributed by atoms with Crippen molar-refractivity contribution in [2.45, 2.75) is 32.6 Å². The first-order valence-corrected chi connectivity index (χ1v) is 7.38. The molecule has 2 aromatic rings. The van der Waals surface area contributed by atoms with Gasteiger partial charge in [-0.3, -0.25) is 0 Å². The second kappa shape index (κ2) is 7.41. The van der Waals surface area contributed by atoms with E-state index in [9.17, 15) is 0 Å². The van der Waals surface area contributed by atoms with E-state index in [0.717, 1.165) is 55.5 Å². The number of hydrogen-bond donors (Lipinski definition) is 1. The van der Waals surface area contributed by atoms with Gasteiger partial charge in [0.25, 0.3) is 0 Å². The molecular formula is C15H20ClN3O. The third-order valence-electron chi connectivity index (χ3n) is 3.15. The number of aromatic nitrogens is 2. The molecule has 0 saturated carbocycles. The summed E-state index contributed by atoms with van der Waals surface area (Å²) in [6.45, 7) is 3.71. The predicted octanol–water partition coefficient (Wildman–Crippen LogP) is 3.61. The Bertz CT molecular complexity index is 574. The van der Waals surface area contributed by atoms with Crippen LogP contribution in [0, 0.1) is 0 Å². The molecule has 20 heavy (non-hydrogen) atoms. The average molecular weight is 294 g/mol. The summed E-state index contributed by atoms with van der Waals surface area (Å²) in [5.41, 5.74) is 8.42. The third-order valence-corrected chi connectivity index (χ3v) is 3.32. The fourth-order valence-electron chi connectivity index (χ4n) is 2.13. The molecule has 0 aliphatic rings. The molecule has 0 atom stereocenters. The van der Waals surface area contributed by atoms with Crippen molar-refractivity contribution in [3.63, 3.8) is 0 Å². The molecule has 0 radical (unpaired) electrons. The molecule has 5 heteroatoms. The van der Waals surface area contributed by atoms with Gasteiger partial charge >= 0.3 is 0 Å². The van der Waals surface area contributed by atoms with E-state index in [2.05, 4.69) is 16.9 Å². The second-order valence-electron chi connectivity index (χ2n) is 4.75. The molecule has 108 valence electrons. The molecule has 1 heterocycles. The minimum Gasteiger partial charge on any atom is -0.398 e. The molecule has 0 spiro atoms. The van der Waals surface area contributed by atoms with Gasteiger partial charge in [0.1, 0.15) is 0 Å². The van der Waals surface area contributed by atoms with Crippen LogP contribution >= 0.6 is 11.6 Å². The van der Waals surface area contributed by atoms with Gasteiger partial charge < -0.3 is 10.5 Å². The number of nitrogen functional groups attached to an aromatic ring is 1. The molecule has 0 fully saturated rings. The van der Waals surface area contributed by atoms with Crippen LogP contribution in [0.5, 0.6) is 0 Å². The van der Waals surface area contributed by atoms with Crippen molar-refractivity contribution in [1.29, 1.82) is 0 Å². The zero-order valence-corrected chi connectivity index (χ0v) is 12.5. The number of fused-ring (bicyclic) bond motifs is 1. The van der Waals surface area contributed by atoms with Crippen LogP contribution < -0.4 is 5.73 Å². The molecule has 1 aromatic carbocycles. The Morgan fingerprint density at radius 3 is 2.80 bits per heavy atom. The highest BCUT2D eigenvalue weighted by Crippen LogP contribution is 2.24. The Balaban J connectivity index is 2.05. The average Bonchev–Trinajstić information content (AvgIpc) is 2.42. The van der Waals surface area contributed by atoms with E-state index < -0.39 is 0 Å². The summed E-state index contributed by atoms with van der Waals surface area (Å²) in [5, 5.41) is 1.18. The maximum absolute atomic E-state index is 6.02. The fraction of sp³-hybridized carbons (Fsp3) is 0.467. The van der Waals surface area contributed by atoms with Crippen LogP contribution in [0.1, 0.15) is 31.9 Å². The molecule has 2 N–H and O–H groups in total. The lowest BCUT2D eigenvalue weighted by atomic mass is 10.1. The first kappa shape index (κ1) is 15.0. The Morgan fingerprint density at radius 2 is 2.00 bits per heavy atom. The van der Waals surface area contributed by atoms with Gasteiger partial charge in [-0.25, -0.2) is 9.97 Å². The van der Waals surface area contributed by atoms with Crippen molar-refractivity contribution in [3.8, 4) is 0 Å². The zero-order chi connectivity index (χ0) is 14.4. The molecule has 2 rings (SSSR count). The molecule has 1 aromatic heterocycles. The van der Waals surface area contributed by atoms with Gasteiger partial charge in [-0.05, 0) is 43.0 Å².